The third-order valence-corrected chi connectivity index (χ3v) is 7.17. The highest BCUT2D eigenvalue weighted by atomic mass is 35.5. The molecule has 3 aromatic rings. The average molecular weight is 502 g/mol. The van der Waals surface area contributed by atoms with E-state index in [0.717, 1.165) is 22.5 Å². The summed E-state index contributed by atoms with van der Waals surface area (Å²) in [7, 11) is -4.45. The van der Waals surface area contributed by atoms with Gasteiger partial charge >= 0.3 is 7.60 Å². The first kappa shape index (κ1) is 26.5. The van der Waals surface area contributed by atoms with Gasteiger partial charge in [-0.1, -0.05) is 24.3 Å². The van der Waals surface area contributed by atoms with Crippen molar-refractivity contribution in [2.45, 2.75) is 18.0 Å². The molecule has 2 heterocycles. The van der Waals surface area contributed by atoms with E-state index in [2.05, 4.69) is 11.1 Å². The maximum absolute atomic E-state index is 12.6. The number of hydrogen-bond acceptors (Lipinski definition) is 3. The first-order chi connectivity index (χ1) is 14.9. The predicted molar refractivity (Wildman–Crippen MR) is 125 cm³/mol. The predicted octanol–water partition coefficient (Wildman–Crippen LogP) is 1.30. The van der Waals surface area contributed by atoms with Crippen LogP contribution in [0, 0.1) is 11.3 Å². The minimum atomic E-state index is -4.45. The van der Waals surface area contributed by atoms with E-state index >= 15 is 0 Å². The van der Waals surface area contributed by atoms with E-state index < -0.39 is 12.8 Å². The molecule has 0 bridgehead atoms. The van der Waals surface area contributed by atoms with Crippen LogP contribution in [-0.4, -0.2) is 19.9 Å². The highest BCUT2D eigenvalue weighted by Crippen LogP contribution is 2.56. The molecule has 170 valence electrons. The molecule has 1 aliphatic carbocycles. The summed E-state index contributed by atoms with van der Waals surface area (Å²) in [5, 5.41) is 7.78. The van der Waals surface area contributed by atoms with Gasteiger partial charge in [-0.05, 0) is 41.8 Å². The summed E-state index contributed by atoms with van der Waals surface area (Å²) in [5.74, 6) is 0. The molecule has 6 nitrogen and oxygen atoms in total. The van der Waals surface area contributed by atoms with Gasteiger partial charge in [-0.2, -0.15) is 9.83 Å². The fourth-order valence-electron chi connectivity index (χ4n) is 3.77. The maximum Gasteiger partial charge on any atom is 0.336 e. The lowest BCUT2D eigenvalue weighted by molar-refractivity contribution is -0.604. The summed E-state index contributed by atoms with van der Waals surface area (Å²) in [5.41, 5.74) is 4.01. The second-order valence-electron chi connectivity index (χ2n) is 7.49. The van der Waals surface area contributed by atoms with Crippen molar-refractivity contribution in [3.63, 3.8) is 0 Å². The molecule has 0 saturated heterocycles. The van der Waals surface area contributed by atoms with Crippen molar-refractivity contribution in [1.29, 1.82) is 5.26 Å². The second-order valence-corrected chi connectivity index (χ2v) is 9.47. The van der Waals surface area contributed by atoms with Crippen molar-refractivity contribution in [3.05, 3.63) is 103 Å². The Kier molecular flexibility index (Phi) is 8.74. The Bertz CT molecular complexity index is 1250. The molecular weight excluding hydrogens is 480 g/mol. The molecule has 0 saturated carbocycles. The van der Waals surface area contributed by atoms with E-state index in [1.165, 1.54) is 0 Å². The van der Waals surface area contributed by atoms with Crippen LogP contribution in [0.5, 0.6) is 0 Å². The molecule has 2 aromatic heterocycles. The highest BCUT2D eigenvalue weighted by Gasteiger charge is 2.46. The molecule has 1 unspecified atom stereocenters. The van der Waals surface area contributed by atoms with Gasteiger partial charge in [0.2, 0.25) is 5.69 Å². The van der Waals surface area contributed by atoms with E-state index in [9.17, 15) is 14.4 Å². The van der Waals surface area contributed by atoms with E-state index in [-0.39, 0.29) is 37.7 Å². The quantitative estimate of drug-likeness (QED) is 0.405. The lowest BCUT2D eigenvalue weighted by atomic mass is 9.93. The molecule has 1 aromatic carbocycles. The first-order valence-corrected chi connectivity index (χ1v) is 11.4. The monoisotopic (exact) mass is 501 g/mol. The minimum Gasteiger partial charge on any atom is -1.00 e. The van der Waals surface area contributed by atoms with Crippen molar-refractivity contribution in [2.24, 2.45) is 0 Å². The number of pyridine rings is 2. The number of nitrogens with zero attached hydrogens (tertiary/aromatic N) is 3. The summed E-state index contributed by atoms with van der Waals surface area (Å²) >= 11 is 0. The molecule has 2 N–H and O–H groups in total. The van der Waals surface area contributed by atoms with Crippen molar-refractivity contribution in [3.8, 4) is 22.9 Å². The van der Waals surface area contributed by atoms with Gasteiger partial charge in [0.05, 0.1) is 18.1 Å². The van der Waals surface area contributed by atoms with Crippen molar-refractivity contribution >= 4 is 20.0 Å². The summed E-state index contributed by atoms with van der Waals surface area (Å²) in [4.78, 5) is 24.5. The van der Waals surface area contributed by atoms with E-state index in [4.69, 9.17) is 5.26 Å². The van der Waals surface area contributed by atoms with Gasteiger partial charge in [0.1, 0.15) is 5.16 Å². The van der Waals surface area contributed by atoms with Crippen LogP contribution in [0.1, 0.15) is 17.7 Å². The van der Waals surface area contributed by atoms with Crippen molar-refractivity contribution in [2.75, 3.05) is 0 Å². The largest absolute Gasteiger partial charge is 1.00 e. The van der Waals surface area contributed by atoms with Crippen LogP contribution in [-0.2, 0) is 11.0 Å². The standard InChI is InChI=1S/C24H20N3O3P.2ClH/c25-18-19-4-6-22(7-5-19)27-15-10-21(20-8-13-26-14-9-20)16-23(27)17-24(31(28,29)30)11-2-1-3-12-24;;/h1-11,13-16H,12,17H2,(H-,28,29,30);2*1H. The summed E-state index contributed by atoms with van der Waals surface area (Å²) in [6.07, 6.45) is 12.6. The third kappa shape index (κ3) is 5.59. The van der Waals surface area contributed by atoms with Gasteiger partial charge in [-0.3, -0.25) is 9.55 Å². The number of benzene rings is 1. The van der Waals surface area contributed by atoms with Gasteiger partial charge < -0.3 is 22.2 Å². The molecule has 0 spiro atoms. The van der Waals surface area contributed by atoms with Gasteiger partial charge in [0.15, 0.2) is 11.9 Å². The Morgan fingerprint density at radius 1 is 1.06 bits per heavy atom. The van der Waals surface area contributed by atoms with Crippen LogP contribution < -0.4 is 17.0 Å². The average Bonchev–Trinajstić information content (AvgIpc) is 2.80. The fourth-order valence-corrected chi connectivity index (χ4v) is 4.76. The molecule has 4 rings (SSSR count). The molecule has 0 radical (unpaired) electrons. The number of aromatic nitrogens is 2. The molecule has 0 fully saturated rings. The van der Waals surface area contributed by atoms with Gasteiger partial charge in [-0.25, -0.2) is 0 Å². The van der Waals surface area contributed by atoms with Crippen molar-refractivity contribution in [1.82, 2.24) is 4.98 Å². The first-order valence-electron chi connectivity index (χ1n) is 9.77. The van der Waals surface area contributed by atoms with Crippen molar-refractivity contribution < 1.29 is 31.3 Å². The number of nitriles is 1. The third-order valence-electron chi connectivity index (χ3n) is 5.52. The maximum atomic E-state index is 12.6. The number of hydrogen-bond donors (Lipinski definition) is 2. The lowest BCUT2D eigenvalue weighted by Crippen LogP contribution is -3.00. The lowest BCUT2D eigenvalue weighted by Gasteiger charge is -2.31. The molecule has 0 aliphatic heterocycles. The summed E-state index contributed by atoms with van der Waals surface area (Å²) in [6, 6.07) is 16.9. The van der Waals surface area contributed by atoms with E-state index in [0.29, 0.717) is 5.56 Å². The normalized spacial score (nSPS) is 16.9. The Morgan fingerprint density at radius 3 is 2.33 bits per heavy atom. The van der Waals surface area contributed by atoms with Crippen LogP contribution in [0.2, 0.25) is 0 Å². The Labute approximate surface area is 204 Å². The minimum absolute atomic E-state index is 0. The van der Waals surface area contributed by atoms with E-state index in [1.807, 2.05) is 47.2 Å². The van der Waals surface area contributed by atoms with Crippen LogP contribution in [0.25, 0.3) is 16.8 Å². The molecule has 1 aliphatic rings. The number of rotatable bonds is 5. The summed E-state index contributed by atoms with van der Waals surface area (Å²) < 4.78 is 14.5. The number of halogens is 2. The van der Waals surface area contributed by atoms with Gasteiger partial charge in [-0.15, -0.1) is 12.4 Å². The number of allylic oxidation sites excluding steroid dienone is 4. The Balaban J connectivity index is 0.00000193. The zero-order valence-electron chi connectivity index (χ0n) is 17.5. The van der Waals surface area contributed by atoms with Crippen LogP contribution in [0.4, 0.5) is 0 Å². The van der Waals surface area contributed by atoms with E-state index in [1.54, 1.807) is 48.8 Å². The molecular formula is C24H22Cl2N3O3P. The van der Waals surface area contributed by atoms with Gasteiger partial charge in [0.25, 0.3) is 0 Å². The fraction of sp³-hybridized carbons (Fsp3) is 0.125. The highest BCUT2D eigenvalue weighted by molar-refractivity contribution is 7.53. The topological polar surface area (TPSA) is 98.1 Å². The molecule has 9 heteroatoms. The van der Waals surface area contributed by atoms with Crippen LogP contribution in [0.3, 0.4) is 0 Å². The molecule has 1 atom stereocenters. The van der Waals surface area contributed by atoms with Crippen LogP contribution in [0.15, 0.2) is 91.4 Å². The zero-order valence-corrected chi connectivity index (χ0v) is 19.9. The Hall–Kier alpha value is -2.78. The second kappa shape index (κ2) is 10.9. The smallest absolute Gasteiger partial charge is 0.336 e. The summed E-state index contributed by atoms with van der Waals surface area (Å²) in [6.45, 7) is 0. The zero-order chi connectivity index (χ0) is 21.9. The van der Waals surface area contributed by atoms with Gasteiger partial charge in [0, 0.05) is 36.7 Å². The SMILES string of the molecule is Cl.N#Cc1ccc(-[n+]2ccc(-c3ccncc3)cc2CC2(P(=O)(O)O)C=CC=CC2)cc1.[Cl-]. The van der Waals surface area contributed by atoms with Crippen LogP contribution >= 0.6 is 20.0 Å². The Morgan fingerprint density at radius 2 is 1.76 bits per heavy atom. The molecule has 0 amide bonds. The molecule has 33 heavy (non-hydrogen) atoms.